The van der Waals surface area contributed by atoms with Crippen molar-refractivity contribution in [3.05, 3.63) is 102 Å². The summed E-state index contributed by atoms with van der Waals surface area (Å²) in [6.45, 7) is 0. The number of amides is 2. The Morgan fingerprint density at radius 3 is 2.32 bits per heavy atom. The van der Waals surface area contributed by atoms with Crippen molar-refractivity contribution in [3.8, 4) is 10.7 Å². The van der Waals surface area contributed by atoms with E-state index in [1.165, 1.54) is 11.3 Å². The molecule has 0 aliphatic heterocycles. The third-order valence-corrected chi connectivity index (χ3v) is 5.43. The Morgan fingerprint density at radius 2 is 1.61 bits per heavy atom. The molecule has 1 atom stereocenters. The molecular weight excluding hydrogens is 408 g/mol. The molecule has 0 bridgehead atoms. The number of aromatic nitrogens is 2. The minimum absolute atomic E-state index is 0.0747. The van der Waals surface area contributed by atoms with E-state index < -0.39 is 6.04 Å². The fourth-order valence-electron chi connectivity index (χ4n) is 3.05. The molecule has 4 aromatic rings. The predicted octanol–water partition coefficient (Wildman–Crippen LogP) is 4.24. The first-order valence-corrected chi connectivity index (χ1v) is 10.6. The van der Waals surface area contributed by atoms with Crippen molar-refractivity contribution in [1.29, 1.82) is 0 Å². The summed E-state index contributed by atoms with van der Waals surface area (Å²) in [5, 5.41) is 8.30. The summed E-state index contributed by atoms with van der Waals surface area (Å²) in [5.41, 5.74) is 2.78. The molecule has 2 aromatic carbocycles. The zero-order valence-electron chi connectivity index (χ0n) is 16.6. The highest BCUT2D eigenvalue weighted by Crippen LogP contribution is 2.22. The number of anilines is 1. The van der Waals surface area contributed by atoms with E-state index >= 15 is 0 Å². The van der Waals surface area contributed by atoms with Gasteiger partial charge in [0.1, 0.15) is 11.0 Å². The number of hydrogen-bond acceptors (Lipinski definition) is 5. The topological polar surface area (TPSA) is 84.0 Å². The second-order valence-electron chi connectivity index (χ2n) is 6.80. The molecule has 4 rings (SSSR count). The molecule has 1 unspecified atom stereocenters. The molecule has 0 saturated heterocycles. The lowest BCUT2D eigenvalue weighted by Crippen LogP contribution is -2.37. The third kappa shape index (κ3) is 5.40. The number of rotatable bonds is 7. The van der Waals surface area contributed by atoms with Gasteiger partial charge in [-0.3, -0.25) is 14.6 Å². The summed E-state index contributed by atoms with van der Waals surface area (Å²) in [5.74, 6) is -0.590. The molecule has 0 aliphatic rings. The first kappa shape index (κ1) is 20.4. The Morgan fingerprint density at radius 1 is 0.903 bits per heavy atom. The maximum atomic E-state index is 12.9. The van der Waals surface area contributed by atoms with Crippen molar-refractivity contribution in [2.45, 2.75) is 12.5 Å². The van der Waals surface area contributed by atoms with E-state index in [9.17, 15) is 9.59 Å². The van der Waals surface area contributed by atoms with E-state index in [-0.39, 0.29) is 18.2 Å². The summed E-state index contributed by atoms with van der Waals surface area (Å²) in [6.07, 6.45) is 1.78. The second-order valence-corrected chi connectivity index (χ2v) is 7.66. The van der Waals surface area contributed by atoms with Crippen LogP contribution in [0.15, 0.2) is 90.4 Å². The van der Waals surface area contributed by atoms with Crippen LogP contribution in [0.4, 0.5) is 5.69 Å². The molecule has 0 radical (unpaired) electrons. The van der Waals surface area contributed by atoms with E-state index in [1.807, 2.05) is 72.1 Å². The van der Waals surface area contributed by atoms with Crippen LogP contribution in [0.1, 0.15) is 17.3 Å². The summed E-state index contributed by atoms with van der Waals surface area (Å²) in [4.78, 5) is 34.5. The minimum Gasteiger partial charge on any atom is -0.340 e. The molecule has 0 saturated carbocycles. The highest BCUT2D eigenvalue weighted by atomic mass is 32.1. The molecule has 2 N–H and O–H groups in total. The van der Waals surface area contributed by atoms with Gasteiger partial charge in [-0.25, -0.2) is 4.98 Å². The Hall–Kier alpha value is -3.84. The van der Waals surface area contributed by atoms with Gasteiger partial charge in [-0.05, 0) is 29.8 Å². The molecule has 7 heteroatoms. The van der Waals surface area contributed by atoms with Crippen LogP contribution in [0.5, 0.6) is 0 Å². The molecule has 2 heterocycles. The molecule has 6 nitrogen and oxygen atoms in total. The zero-order valence-corrected chi connectivity index (χ0v) is 17.4. The van der Waals surface area contributed by atoms with Gasteiger partial charge in [-0.1, -0.05) is 54.6 Å². The van der Waals surface area contributed by atoms with Gasteiger partial charge in [0.2, 0.25) is 5.91 Å². The highest BCUT2D eigenvalue weighted by molar-refractivity contribution is 7.13. The normalized spacial score (nSPS) is 11.5. The van der Waals surface area contributed by atoms with Gasteiger partial charge in [0, 0.05) is 17.3 Å². The van der Waals surface area contributed by atoms with Crippen molar-refractivity contribution >= 4 is 28.8 Å². The maximum Gasteiger partial charge on any atom is 0.251 e. The van der Waals surface area contributed by atoms with Gasteiger partial charge in [0.05, 0.1) is 17.8 Å². The van der Waals surface area contributed by atoms with Crippen molar-refractivity contribution in [2.75, 3.05) is 5.32 Å². The van der Waals surface area contributed by atoms with Crippen molar-refractivity contribution in [3.63, 3.8) is 0 Å². The van der Waals surface area contributed by atoms with Crippen LogP contribution < -0.4 is 10.6 Å². The van der Waals surface area contributed by atoms with E-state index in [1.54, 1.807) is 18.3 Å². The first-order valence-electron chi connectivity index (χ1n) is 9.75. The number of para-hydroxylation sites is 1. The molecule has 154 valence electrons. The van der Waals surface area contributed by atoms with Crippen molar-refractivity contribution in [1.82, 2.24) is 15.3 Å². The van der Waals surface area contributed by atoms with Gasteiger partial charge >= 0.3 is 0 Å². The van der Waals surface area contributed by atoms with Crippen LogP contribution in [0.2, 0.25) is 0 Å². The Bertz CT molecular complexity index is 1150. The van der Waals surface area contributed by atoms with E-state index in [0.29, 0.717) is 16.9 Å². The van der Waals surface area contributed by atoms with Crippen LogP contribution >= 0.6 is 11.3 Å². The summed E-state index contributed by atoms with van der Waals surface area (Å²) >= 11 is 1.44. The first-order chi connectivity index (χ1) is 15.2. The average molecular weight is 429 g/mol. The van der Waals surface area contributed by atoms with E-state index in [4.69, 9.17) is 0 Å². The van der Waals surface area contributed by atoms with Gasteiger partial charge in [0.25, 0.3) is 5.91 Å². The van der Waals surface area contributed by atoms with Crippen molar-refractivity contribution < 1.29 is 9.59 Å². The predicted molar refractivity (Wildman–Crippen MR) is 121 cm³/mol. The number of hydrogen-bond donors (Lipinski definition) is 2. The number of thiazole rings is 1. The second kappa shape index (κ2) is 9.77. The lowest BCUT2D eigenvalue weighted by molar-refractivity contribution is -0.126. The molecule has 31 heavy (non-hydrogen) atoms. The number of benzene rings is 2. The van der Waals surface area contributed by atoms with Crippen LogP contribution in [0.25, 0.3) is 10.7 Å². The summed E-state index contributed by atoms with van der Waals surface area (Å²) < 4.78 is 0. The standard InChI is InChI=1S/C24H20N4O2S/c29-21(15-19-16-31-24(27-19)20-13-7-8-14-25-20)28-22(17-9-3-1-4-10-17)23(30)26-18-11-5-2-6-12-18/h1-14,16,22H,15H2,(H,26,30)(H,28,29). The molecule has 0 spiro atoms. The SMILES string of the molecule is O=C(Cc1csc(-c2ccccn2)n1)NC(C(=O)Nc1ccccc1)c1ccccc1. The Kier molecular flexibility index (Phi) is 6.44. The number of carbonyl (C=O) groups is 2. The zero-order chi connectivity index (χ0) is 21.5. The largest absolute Gasteiger partial charge is 0.340 e. The smallest absolute Gasteiger partial charge is 0.251 e. The molecular formula is C24H20N4O2S. The lowest BCUT2D eigenvalue weighted by Gasteiger charge is -2.19. The fourth-order valence-corrected chi connectivity index (χ4v) is 3.85. The number of pyridine rings is 1. The fraction of sp³-hybridized carbons (Fsp3) is 0.0833. The van der Waals surface area contributed by atoms with E-state index in [0.717, 1.165) is 10.7 Å². The molecule has 0 fully saturated rings. The van der Waals surface area contributed by atoms with Gasteiger partial charge < -0.3 is 10.6 Å². The average Bonchev–Trinajstić information content (AvgIpc) is 3.27. The number of carbonyl (C=O) groups excluding carboxylic acids is 2. The van der Waals surface area contributed by atoms with Crippen LogP contribution in [0, 0.1) is 0 Å². The maximum absolute atomic E-state index is 12.9. The minimum atomic E-state index is -0.817. The summed E-state index contributed by atoms with van der Waals surface area (Å²) in [6, 6.07) is 23.1. The van der Waals surface area contributed by atoms with Crippen LogP contribution in [-0.2, 0) is 16.0 Å². The Balaban J connectivity index is 1.47. The van der Waals surface area contributed by atoms with Gasteiger partial charge in [-0.2, -0.15) is 0 Å². The van der Waals surface area contributed by atoms with Crippen LogP contribution in [0.3, 0.4) is 0 Å². The van der Waals surface area contributed by atoms with E-state index in [2.05, 4.69) is 20.6 Å². The summed E-state index contributed by atoms with van der Waals surface area (Å²) in [7, 11) is 0. The number of nitrogens with one attached hydrogen (secondary N) is 2. The molecule has 2 amide bonds. The highest BCUT2D eigenvalue weighted by Gasteiger charge is 2.23. The van der Waals surface area contributed by atoms with Gasteiger partial charge in [0.15, 0.2) is 0 Å². The van der Waals surface area contributed by atoms with Crippen molar-refractivity contribution in [2.24, 2.45) is 0 Å². The molecule has 0 aliphatic carbocycles. The monoisotopic (exact) mass is 428 g/mol. The van der Waals surface area contributed by atoms with Crippen LogP contribution in [-0.4, -0.2) is 21.8 Å². The third-order valence-electron chi connectivity index (χ3n) is 4.52. The quantitative estimate of drug-likeness (QED) is 0.461. The lowest BCUT2D eigenvalue weighted by atomic mass is 10.1. The molecule has 2 aromatic heterocycles. The Labute approximate surface area is 184 Å². The number of nitrogens with zero attached hydrogens (tertiary/aromatic N) is 2. The van der Waals surface area contributed by atoms with Gasteiger partial charge in [-0.15, -0.1) is 11.3 Å².